The van der Waals surface area contributed by atoms with Crippen LogP contribution in [0, 0.1) is 70.2 Å². The van der Waals surface area contributed by atoms with Gasteiger partial charge in [0.25, 0.3) is 0 Å². The third-order valence-corrected chi connectivity index (χ3v) is 11.0. The summed E-state index contributed by atoms with van der Waals surface area (Å²) in [4.78, 5) is 13.5. The fourth-order valence-electron chi connectivity index (χ4n) is 7.73. The van der Waals surface area contributed by atoms with Gasteiger partial charge in [0.2, 0.25) is 0 Å². The molecule has 6 aromatic rings. The van der Waals surface area contributed by atoms with Crippen molar-refractivity contribution in [3.63, 3.8) is 0 Å². The van der Waals surface area contributed by atoms with Gasteiger partial charge in [-0.3, -0.25) is 0 Å². The average molecular weight is 853 g/mol. The second-order valence-electron chi connectivity index (χ2n) is 15.3. The van der Waals surface area contributed by atoms with Crippen molar-refractivity contribution in [2.75, 3.05) is 0 Å². The highest BCUT2D eigenvalue weighted by Crippen LogP contribution is 2.28. The molecular formula is C50H44F8N4. The van der Waals surface area contributed by atoms with E-state index in [0.717, 1.165) is 11.1 Å². The smallest absolute Gasteiger partial charge is 0.177 e. The first-order chi connectivity index (χ1) is 29.9. The van der Waals surface area contributed by atoms with Crippen LogP contribution in [0.15, 0.2) is 48.5 Å². The first kappa shape index (κ1) is 43.7. The molecule has 2 aromatic carbocycles. The molecule has 1 aliphatic heterocycles. The number of fused-ring (bicyclic) bond motifs is 8. The molecule has 4 N–H and O–H groups in total. The lowest BCUT2D eigenvalue weighted by Gasteiger charge is -2.08. The molecule has 12 heteroatoms. The maximum Gasteiger partial charge on any atom is 0.177 e. The lowest BCUT2D eigenvalue weighted by Crippen LogP contribution is -2.17. The molecule has 0 unspecified atom stereocenters. The molecule has 1 aliphatic rings. The van der Waals surface area contributed by atoms with Crippen molar-refractivity contribution in [3.8, 4) is 23.7 Å². The van der Waals surface area contributed by atoms with Crippen molar-refractivity contribution >= 4 is 22.3 Å². The van der Waals surface area contributed by atoms with Gasteiger partial charge in [-0.2, -0.15) is 0 Å². The highest BCUT2D eigenvalue weighted by atomic mass is 19.2. The standard InChI is InChI=1S/C50H44F8N4/c1-5-9-13-31-43(51)47(55)33(48(56)44(31)52)17-15-29-39-23-19-35(59-39)27(11-7-3)37-21-25-41(61-37)30(16-18-34-49(57)45(53)32(14-10-6-2)46(54)50(34)58)42-26-22-38(62-42)28(12-8-4)36-20-24-40(29)60-36/h19-26,59-62H,5-14H2,1-4H3. The van der Waals surface area contributed by atoms with Gasteiger partial charge in [-0.1, -0.05) is 77.1 Å². The fourth-order valence-corrected chi connectivity index (χ4v) is 7.73. The molecule has 0 fully saturated rings. The van der Waals surface area contributed by atoms with E-state index in [2.05, 4.69) is 43.6 Å². The van der Waals surface area contributed by atoms with Crippen LogP contribution in [-0.2, 0) is 12.8 Å². The van der Waals surface area contributed by atoms with E-state index in [0.29, 0.717) is 95.5 Å². The van der Waals surface area contributed by atoms with Crippen molar-refractivity contribution < 1.29 is 35.1 Å². The molecule has 4 nitrogen and oxygen atoms in total. The Labute approximate surface area is 353 Å². The Bertz CT molecular complexity index is 2810. The van der Waals surface area contributed by atoms with Crippen molar-refractivity contribution in [3.05, 3.63) is 161 Å². The molecule has 7 rings (SSSR count). The molecule has 320 valence electrons. The number of hydrogen-bond acceptors (Lipinski definition) is 0. The number of unbranched alkanes of at least 4 members (excludes halogenated alkanes) is 2. The van der Waals surface area contributed by atoms with Gasteiger partial charge < -0.3 is 19.9 Å². The minimum atomic E-state index is -1.56. The minimum Gasteiger partial charge on any atom is -0.354 e. The van der Waals surface area contributed by atoms with E-state index in [9.17, 15) is 0 Å². The zero-order valence-electron chi connectivity index (χ0n) is 34.7. The summed E-state index contributed by atoms with van der Waals surface area (Å²) in [6, 6.07) is 14.2. The summed E-state index contributed by atoms with van der Waals surface area (Å²) in [7, 11) is 0. The van der Waals surface area contributed by atoms with E-state index in [1.54, 1.807) is 38.1 Å². The molecule has 0 radical (unpaired) electrons. The topological polar surface area (TPSA) is 63.2 Å². The summed E-state index contributed by atoms with van der Waals surface area (Å²) in [6.07, 6.45) is 4.02. The molecule has 0 saturated carbocycles. The van der Waals surface area contributed by atoms with Gasteiger partial charge in [0.1, 0.15) is 11.1 Å². The molecule has 0 spiro atoms. The van der Waals surface area contributed by atoms with Gasteiger partial charge in [-0.25, -0.2) is 35.1 Å². The van der Waals surface area contributed by atoms with Gasteiger partial charge in [0, 0.05) is 33.2 Å². The number of rotatable bonds is 10. The van der Waals surface area contributed by atoms with Crippen molar-refractivity contribution in [1.29, 1.82) is 0 Å². The predicted molar refractivity (Wildman–Crippen MR) is 225 cm³/mol. The van der Waals surface area contributed by atoms with Crippen LogP contribution in [0.4, 0.5) is 35.1 Å². The zero-order valence-corrected chi connectivity index (χ0v) is 34.7. The molecule has 0 amide bonds. The molecule has 0 aliphatic carbocycles. The molecule has 4 aromatic heterocycles. The van der Waals surface area contributed by atoms with Gasteiger partial charge >= 0.3 is 0 Å². The number of halogens is 8. The van der Waals surface area contributed by atoms with E-state index in [-0.39, 0.29) is 24.0 Å². The molecular weight excluding hydrogens is 809 g/mol. The summed E-state index contributed by atoms with van der Waals surface area (Å²) < 4.78 is 122. The van der Waals surface area contributed by atoms with Crippen LogP contribution in [0.3, 0.4) is 0 Å². The maximum atomic E-state index is 15.4. The van der Waals surface area contributed by atoms with Crippen molar-refractivity contribution in [2.45, 2.75) is 91.9 Å². The van der Waals surface area contributed by atoms with Gasteiger partial charge in [-0.05, 0) is 98.2 Å². The summed E-state index contributed by atoms with van der Waals surface area (Å²) >= 11 is 0. The van der Waals surface area contributed by atoms with E-state index in [1.807, 2.05) is 38.1 Å². The normalized spacial score (nSPS) is 12.5. The zero-order chi connectivity index (χ0) is 44.2. The molecule has 0 atom stereocenters. The molecule has 8 bridgehead atoms. The average Bonchev–Trinajstić information content (AvgIpc) is 4.12. The van der Waals surface area contributed by atoms with E-state index >= 15 is 35.1 Å². The Morgan fingerprint density at radius 1 is 0.355 bits per heavy atom. The van der Waals surface area contributed by atoms with E-state index in [1.165, 1.54) is 0 Å². The van der Waals surface area contributed by atoms with Crippen LogP contribution in [0.2, 0.25) is 0 Å². The lowest BCUT2D eigenvalue weighted by molar-refractivity contribution is 0.434. The first-order valence-electron chi connectivity index (χ1n) is 20.9. The third-order valence-electron chi connectivity index (χ3n) is 11.0. The van der Waals surface area contributed by atoms with E-state index in [4.69, 9.17) is 0 Å². The minimum absolute atomic E-state index is 0.163. The lowest BCUT2D eigenvalue weighted by atomic mass is 10.0. The molecule has 0 saturated heterocycles. The third kappa shape index (κ3) is 8.31. The highest BCUT2D eigenvalue weighted by molar-refractivity contribution is 5.80. The van der Waals surface area contributed by atoms with Crippen LogP contribution < -0.4 is 21.4 Å². The second-order valence-corrected chi connectivity index (χ2v) is 15.3. The number of benzene rings is 2. The van der Waals surface area contributed by atoms with E-state index < -0.39 is 68.8 Å². The highest BCUT2D eigenvalue weighted by Gasteiger charge is 2.26. The largest absolute Gasteiger partial charge is 0.354 e. The summed E-state index contributed by atoms with van der Waals surface area (Å²) in [6.45, 7) is 7.57. The number of hydrogen-bond donors (Lipinski definition) is 4. The Hall–Kier alpha value is -6.40. The molecule has 5 heterocycles. The maximum absolute atomic E-state index is 15.4. The van der Waals surface area contributed by atoms with Gasteiger partial charge in [0.15, 0.2) is 46.5 Å². The van der Waals surface area contributed by atoms with Crippen LogP contribution in [0.25, 0.3) is 22.3 Å². The Kier molecular flexibility index (Phi) is 13.2. The Balaban J connectivity index is 1.48. The van der Waals surface area contributed by atoms with Crippen LogP contribution >= 0.6 is 0 Å². The summed E-state index contributed by atoms with van der Waals surface area (Å²) in [5.41, 5.74) is 0.993. The monoisotopic (exact) mass is 852 g/mol. The number of nitrogens with one attached hydrogen (secondary N) is 4. The predicted octanol–water partition coefficient (Wildman–Crippen LogP) is 9.61. The van der Waals surface area contributed by atoms with Crippen LogP contribution in [0.1, 0.15) is 124 Å². The first-order valence-corrected chi connectivity index (χ1v) is 20.9. The van der Waals surface area contributed by atoms with Gasteiger partial charge in [-0.15, -0.1) is 0 Å². The second kappa shape index (κ2) is 18.7. The quantitative estimate of drug-likeness (QED) is 0.0604. The molecule has 62 heavy (non-hydrogen) atoms. The van der Waals surface area contributed by atoms with Gasteiger partial charge in [0.05, 0.1) is 33.2 Å². The fraction of sp³-hybridized carbons (Fsp3) is 0.280. The van der Waals surface area contributed by atoms with Crippen molar-refractivity contribution in [2.24, 2.45) is 0 Å². The number of aromatic nitrogens is 4. The Morgan fingerprint density at radius 3 is 1.03 bits per heavy atom. The number of aromatic amines is 4. The Morgan fingerprint density at radius 2 is 0.694 bits per heavy atom. The van der Waals surface area contributed by atoms with Crippen molar-refractivity contribution in [1.82, 2.24) is 19.9 Å². The van der Waals surface area contributed by atoms with Crippen LogP contribution in [-0.4, -0.2) is 19.9 Å². The SMILES string of the molecule is CCCCc1c(F)c(F)c(C#CC2=c3ccc([nH]3)=C(CCC)c3ccc([nH]3)C(C#Cc3c(F)c(F)c(CCCC)c(F)c3F)=c3ccc([nH]3)=C(CCC)c3ccc2[nH]3)c(F)c1F. The summed E-state index contributed by atoms with van der Waals surface area (Å²) in [5, 5.41) is 2.18. The van der Waals surface area contributed by atoms with Crippen LogP contribution in [0.5, 0.6) is 0 Å². The summed E-state index contributed by atoms with van der Waals surface area (Å²) in [5.74, 6) is -1.65. The number of H-pyrrole nitrogens is 4.